The number of carboxylic acids is 1. The average molecular weight is 273 g/mol. The van der Waals surface area contributed by atoms with Gasteiger partial charge in [-0.05, 0) is 27.7 Å². The van der Waals surface area contributed by atoms with Crippen molar-refractivity contribution in [2.45, 2.75) is 63.4 Å². The molecule has 0 amide bonds. The molecule has 0 N–H and O–H groups in total. The molecular formula is C12H17O7-. The molecule has 3 saturated heterocycles. The molecule has 0 aromatic carbocycles. The van der Waals surface area contributed by atoms with Crippen LogP contribution < -0.4 is 5.11 Å². The standard InChI is InChI=1S/C12H18O7/c1-10(2)15-5-6-7(17-10)8-12(16-6,9(13)14)19-11(3,4)18-8/h6-8H,5H2,1-4H3,(H,13,14)/p-1/t6-,7+,8-,12+/m0/s1. The maximum absolute atomic E-state index is 11.5. The highest BCUT2D eigenvalue weighted by atomic mass is 16.9. The summed E-state index contributed by atoms with van der Waals surface area (Å²) in [6, 6.07) is 0. The van der Waals surface area contributed by atoms with Crippen molar-refractivity contribution in [1.82, 2.24) is 0 Å². The van der Waals surface area contributed by atoms with Gasteiger partial charge in [-0.3, -0.25) is 0 Å². The van der Waals surface area contributed by atoms with Crippen molar-refractivity contribution in [3.05, 3.63) is 0 Å². The SMILES string of the molecule is CC1(C)OC[C@@H]2O[C@@]3(C(=O)[O-])OC(C)(C)O[C@H]3[C@@H]2O1. The number of aliphatic carboxylic acids is 1. The number of ether oxygens (including phenoxy) is 5. The molecule has 3 fully saturated rings. The second-order valence-corrected chi connectivity index (χ2v) is 5.94. The van der Waals surface area contributed by atoms with Gasteiger partial charge in [0.15, 0.2) is 11.6 Å². The van der Waals surface area contributed by atoms with Gasteiger partial charge in [-0.1, -0.05) is 0 Å². The van der Waals surface area contributed by atoms with E-state index in [2.05, 4.69) is 0 Å². The molecule has 0 bridgehead atoms. The Morgan fingerprint density at radius 2 is 1.79 bits per heavy atom. The van der Waals surface area contributed by atoms with Crippen LogP contribution in [0.15, 0.2) is 0 Å². The molecule has 7 nitrogen and oxygen atoms in total. The van der Waals surface area contributed by atoms with E-state index in [9.17, 15) is 9.90 Å². The molecule has 7 heteroatoms. The van der Waals surface area contributed by atoms with Gasteiger partial charge in [0.2, 0.25) is 5.79 Å². The normalized spacial score (nSPS) is 46.6. The third-order valence-corrected chi connectivity index (χ3v) is 3.47. The van der Waals surface area contributed by atoms with Crippen LogP contribution in [0.25, 0.3) is 0 Å². The largest absolute Gasteiger partial charge is 0.544 e. The van der Waals surface area contributed by atoms with E-state index in [-0.39, 0.29) is 6.61 Å². The minimum atomic E-state index is -1.93. The van der Waals surface area contributed by atoms with Gasteiger partial charge in [0.25, 0.3) is 0 Å². The molecular weight excluding hydrogens is 256 g/mol. The van der Waals surface area contributed by atoms with Gasteiger partial charge in [-0.15, -0.1) is 0 Å². The Morgan fingerprint density at radius 3 is 2.42 bits per heavy atom. The van der Waals surface area contributed by atoms with Crippen molar-refractivity contribution in [3.63, 3.8) is 0 Å². The summed E-state index contributed by atoms with van der Waals surface area (Å²) in [5, 5.41) is 11.5. The van der Waals surface area contributed by atoms with Crippen LogP contribution in [-0.4, -0.2) is 48.2 Å². The molecule has 0 radical (unpaired) electrons. The molecule has 3 aliphatic rings. The zero-order valence-electron chi connectivity index (χ0n) is 11.3. The highest BCUT2D eigenvalue weighted by molar-refractivity contribution is 5.75. The number of carboxylic acid groups (broad SMARTS) is 1. The van der Waals surface area contributed by atoms with Gasteiger partial charge in [0.1, 0.15) is 24.3 Å². The van der Waals surface area contributed by atoms with Crippen molar-refractivity contribution >= 4 is 5.97 Å². The number of fused-ring (bicyclic) bond motifs is 3. The number of rotatable bonds is 1. The Hall–Kier alpha value is -0.730. The Kier molecular flexibility index (Phi) is 2.57. The van der Waals surface area contributed by atoms with Crippen molar-refractivity contribution in [2.24, 2.45) is 0 Å². The topological polar surface area (TPSA) is 86.3 Å². The third kappa shape index (κ3) is 1.88. The van der Waals surface area contributed by atoms with Crippen molar-refractivity contribution in [2.75, 3.05) is 6.61 Å². The molecule has 3 aliphatic heterocycles. The van der Waals surface area contributed by atoms with Crippen LogP contribution in [0.1, 0.15) is 27.7 Å². The summed E-state index contributed by atoms with van der Waals surface area (Å²) in [6.07, 6.45) is -1.99. The van der Waals surface area contributed by atoms with Gasteiger partial charge < -0.3 is 33.6 Å². The maximum Gasteiger partial charge on any atom is 0.242 e. The third-order valence-electron chi connectivity index (χ3n) is 3.47. The van der Waals surface area contributed by atoms with Crippen LogP contribution in [0.3, 0.4) is 0 Å². The van der Waals surface area contributed by atoms with E-state index in [1.165, 1.54) is 0 Å². The first-order chi connectivity index (χ1) is 8.65. The van der Waals surface area contributed by atoms with E-state index in [0.717, 1.165) is 0 Å². The molecule has 0 aromatic heterocycles. The first kappa shape index (κ1) is 13.3. The molecule has 0 aromatic rings. The second-order valence-electron chi connectivity index (χ2n) is 5.94. The molecule has 0 aliphatic carbocycles. The smallest absolute Gasteiger partial charge is 0.242 e. The van der Waals surface area contributed by atoms with E-state index in [0.29, 0.717) is 0 Å². The van der Waals surface area contributed by atoms with Crippen molar-refractivity contribution in [3.8, 4) is 0 Å². The summed E-state index contributed by atoms with van der Waals surface area (Å²) < 4.78 is 27.8. The number of hydrogen-bond acceptors (Lipinski definition) is 7. The van der Waals surface area contributed by atoms with Gasteiger partial charge in [-0.25, -0.2) is 0 Å². The molecule has 0 saturated carbocycles. The van der Waals surface area contributed by atoms with E-state index in [1.807, 2.05) is 0 Å². The molecule has 108 valence electrons. The first-order valence-corrected chi connectivity index (χ1v) is 6.24. The summed E-state index contributed by atoms with van der Waals surface area (Å²) in [6.45, 7) is 6.97. The van der Waals surface area contributed by atoms with E-state index >= 15 is 0 Å². The molecule has 4 atom stereocenters. The minimum absolute atomic E-state index is 0.219. The van der Waals surface area contributed by atoms with Gasteiger partial charge >= 0.3 is 0 Å². The lowest BCUT2D eigenvalue weighted by Crippen LogP contribution is -2.56. The molecule has 3 rings (SSSR count). The van der Waals surface area contributed by atoms with Crippen LogP contribution in [-0.2, 0) is 28.5 Å². The lowest BCUT2D eigenvalue weighted by atomic mass is 10.0. The number of hydrogen-bond donors (Lipinski definition) is 0. The quantitative estimate of drug-likeness (QED) is 0.614. The van der Waals surface area contributed by atoms with E-state index in [1.54, 1.807) is 27.7 Å². The van der Waals surface area contributed by atoms with Crippen LogP contribution in [0.2, 0.25) is 0 Å². The first-order valence-electron chi connectivity index (χ1n) is 6.24. The van der Waals surface area contributed by atoms with E-state index < -0.39 is 41.6 Å². The molecule has 3 heterocycles. The fourth-order valence-corrected chi connectivity index (χ4v) is 2.81. The number of carbonyl (C=O) groups excluding carboxylic acids is 1. The predicted molar refractivity (Wildman–Crippen MR) is 57.6 cm³/mol. The van der Waals surface area contributed by atoms with Gasteiger partial charge in [-0.2, -0.15) is 0 Å². The molecule has 0 unspecified atom stereocenters. The zero-order valence-corrected chi connectivity index (χ0v) is 11.3. The zero-order chi connectivity index (χ0) is 14.1. The summed E-state index contributed by atoms with van der Waals surface area (Å²) in [5.41, 5.74) is 0. The van der Waals surface area contributed by atoms with Crippen molar-refractivity contribution in [1.29, 1.82) is 0 Å². The van der Waals surface area contributed by atoms with Gasteiger partial charge in [0, 0.05) is 0 Å². The lowest BCUT2D eigenvalue weighted by Gasteiger charge is -2.38. The van der Waals surface area contributed by atoms with Crippen LogP contribution >= 0.6 is 0 Å². The minimum Gasteiger partial charge on any atom is -0.544 e. The summed E-state index contributed by atoms with van der Waals surface area (Å²) in [5.74, 6) is -5.27. The van der Waals surface area contributed by atoms with Crippen LogP contribution in [0.4, 0.5) is 0 Å². The molecule has 0 spiro atoms. The Balaban J connectivity index is 1.94. The lowest BCUT2D eigenvalue weighted by molar-refractivity contribution is -0.364. The second kappa shape index (κ2) is 3.67. The Bertz CT molecular complexity index is 418. The summed E-state index contributed by atoms with van der Waals surface area (Å²) >= 11 is 0. The maximum atomic E-state index is 11.5. The molecule has 19 heavy (non-hydrogen) atoms. The Morgan fingerprint density at radius 1 is 1.11 bits per heavy atom. The fourth-order valence-electron chi connectivity index (χ4n) is 2.81. The predicted octanol–water partition coefficient (Wildman–Crippen LogP) is -0.866. The van der Waals surface area contributed by atoms with Crippen LogP contribution in [0, 0.1) is 0 Å². The van der Waals surface area contributed by atoms with Crippen molar-refractivity contribution < 1.29 is 33.6 Å². The monoisotopic (exact) mass is 273 g/mol. The summed E-state index contributed by atoms with van der Waals surface area (Å²) in [7, 11) is 0. The number of carbonyl (C=O) groups is 1. The highest BCUT2D eigenvalue weighted by Gasteiger charge is 2.68. The Labute approximate surface area is 110 Å². The van der Waals surface area contributed by atoms with Gasteiger partial charge in [0.05, 0.1) is 6.61 Å². The summed E-state index contributed by atoms with van der Waals surface area (Å²) in [4.78, 5) is 11.5. The van der Waals surface area contributed by atoms with Crippen LogP contribution in [0.5, 0.6) is 0 Å². The fraction of sp³-hybridized carbons (Fsp3) is 0.917. The van der Waals surface area contributed by atoms with E-state index in [4.69, 9.17) is 23.7 Å². The highest BCUT2D eigenvalue weighted by Crippen LogP contribution is 2.48. The average Bonchev–Trinajstić information content (AvgIpc) is 2.67.